The molecule has 2 saturated heterocycles. The minimum atomic E-state index is -1.49. The first kappa shape index (κ1) is 20.5. The van der Waals surface area contributed by atoms with Crippen LogP contribution in [0, 0.1) is 5.41 Å². The normalized spacial score (nSPS) is 31.8. The standard InChI is InChI=1S/C17H24BrNO5S/c1-7-8-24-12(22)9-16(5,6)25-14-17(18,13(23)19(9)14)11(21)10(20)15(2,3)4/h7,9,11,14,21H,1,8H2,2-6H3/t9-,11?,14+,17-/m0/s1. The number of rotatable bonds is 5. The van der Waals surface area contributed by atoms with E-state index in [0.717, 1.165) is 0 Å². The van der Waals surface area contributed by atoms with E-state index >= 15 is 0 Å². The highest BCUT2D eigenvalue weighted by Gasteiger charge is 2.74. The number of thioether (sulfide) groups is 1. The van der Waals surface area contributed by atoms with Crippen LogP contribution < -0.4 is 0 Å². The minimum absolute atomic E-state index is 0.0629. The Labute approximate surface area is 160 Å². The van der Waals surface area contributed by atoms with Gasteiger partial charge >= 0.3 is 5.97 Å². The summed E-state index contributed by atoms with van der Waals surface area (Å²) in [4.78, 5) is 39.1. The average Bonchev–Trinajstić information content (AvgIpc) is 2.78. The number of aliphatic hydroxyl groups excluding tert-OH is 1. The number of ether oxygens (including phenoxy) is 1. The monoisotopic (exact) mass is 433 g/mol. The van der Waals surface area contributed by atoms with Crippen molar-refractivity contribution in [3.05, 3.63) is 12.7 Å². The highest BCUT2D eigenvalue weighted by molar-refractivity contribution is 9.10. The van der Waals surface area contributed by atoms with Gasteiger partial charge in [0, 0.05) is 10.2 Å². The molecule has 1 amide bonds. The largest absolute Gasteiger partial charge is 0.460 e. The third kappa shape index (κ3) is 3.06. The maximum Gasteiger partial charge on any atom is 0.330 e. The number of halogens is 1. The van der Waals surface area contributed by atoms with Gasteiger partial charge in [-0.3, -0.25) is 9.59 Å². The van der Waals surface area contributed by atoms with Gasteiger partial charge in [0.05, 0.1) is 0 Å². The van der Waals surface area contributed by atoms with E-state index in [1.165, 1.54) is 22.7 Å². The number of β-lactam (4-membered cyclic amide) rings is 1. The SMILES string of the molecule is C=CCOC(=O)[C@@H]1N2C(=O)[C@@](Br)(C(O)C(=O)C(C)(C)C)[C@H]2SC1(C)C. The van der Waals surface area contributed by atoms with E-state index < -0.39 is 49.7 Å². The molecule has 25 heavy (non-hydrogen) atoms. The van der Waals surface area contributed by atoms with E-state index in [0.29, 0.717) is 0 Å². The molecule has 2 aliphatic heterocycles. The van der Waals surface area contributed by atoms with E-state index in [-0.39, 0.29) is 6.61 Å². The van der Waals surface area contributed by atoms with Crippen LogP contribution in [0.25, 0.3) is 0 Å². The van der Waals surface area contributed by atoms with Crippen LogP contribution >= 0.6 is 27.7 Å². The molecule has 8 heteroatoms. The Hall–Kier alpha value is -0.860. The number of carbonyl (C=O) groups is 3. The Bertz CT molecular complexity index is 629. The maximum absolute atomic E-state index is 12.8. The van der Waals surface area contributed by atoms with Crippen molar-refractivity contribution in [3.63, 3.8) is 0 Å². The molecule has 0 aromatic heterocycles. The molecule has 0 saturated carbocycles. The molecule has 0 aliphatic carbocycles. The number of carbonyl (C=O) groups excluding carboxylic acids is 3. The quantitative estimate of drug-likeness (QED) is 0.308. The first-order chi connectivity index (χ1) is 11.3. The fourth-order valence-electron chi connectivity index (χ4n) is 3.10. The second-order valence-electron chi connectivity index (χ2n) is 7.89. The lowest BCUT2D eigenvalue weighted by molar-refractivity contribution is -0.169. The smallest absolute Gasteiger partial charge is 0.330 e. The number of aliphatic hydroxyl groups is 1. The number of esters is 1. The van der Waals surface area contributed by atoms with Gasteiger partial charge in [-0.2, -0.15) is 0 Å². The summed E-state index contributed by atoms with van der Waals surface area (Å²) in [5.41, 5.74) is -0.790. The van der Waals surface area contributed by atoms with Gasteiger partial charge < -0.3 is 14.7 Å². The summed E-state index contributed by atoms with van der Waals surface area (Å²) in [6.45, 7) is 12.3. The molecular weight excluding hydrogens is 410 g/mol. The van der Waals surface area contributed by atoms with Gasteiger partial charge in [-0.25, -0.2) is 4.79 Å². The number of hydrogen-bond donors (Lipinski definition) is 1. The Morgan fingerprint density at radius 2 is 2.04 bits per heavy atom. The first-order valence-electron chi connectivity index (χ1n) is 7.99. The lowest BCUT2D eigenvalue weighted by Crippen LogP contribution is -2.76. The van der Waals surface area contributed by atoms with E-state index in [2.05, 4.69) is 22.5 Å². The molecular formula is C17H24BrNO5S. The molecule has 140 valence electrons. The van der Waals surface area contributed by atoms with Crippen LogP contribution in [0.5, 0.6) is 0 Å². The van der Waals surface area contributed by atoms with Gasteiger partial charge in [-0.05, 0) is 13.8 Å². The zero-order valence-corrected chi connectivity index (χ0v) is 17.4. The lowest BCUT2D eigenvalue weighted by Gasteiger charge is -2.52. The second-order valence-corrected chi connectivity index (χ2v) is 10.9. The number of ketones is 1. The molecule has 0 bridgehead atoms. The van der Waals surface area contributed by atoms with E-state index in [1.807, 2.05) is 13.8 Å². The lowest BCUT2D eigenvalue weighted by atomic mass is 9.78. The molecule has 0 aromatic carbocycles. The third-order valence-electron chi connectivity index (χ3n) is 4.48. The van der Waals surface area contributed by atoms with Gasteiger partial charge in [0.25, 0.3) is 0 Å². The van der Waals surface area contributed by atoms with Crippen LogP contribution in [-0.4, -0.2) is 60.9 Å². The summed E-state index contributed by atoms with van der Waals surface area (Å²) < 4.78 is 3.10. The van der Waals surface area contributed by atoms with Crippen LogP contribution in [0.1, 0.15) is 34.6 Å². The molecule has 0 aromatic rings. The van der Waals surface area contributed by atoms with Crippen LogP contribution in [0.15, 0.2) is 12.7 Å². The van der Waals surface area contributed by atoms with Crippen molar-refractivity contribution in [1.82, 2.24) is 4.90 Å². The van der Waals surface area contributed by atoms with Gasteiger partial charge in [0.15, 0.2) is 10.1 Å². The maximum atomic E-state index is 12.8. The zero-order chi connectivity index (χ0) is 19.4. The molecule has 4 atom stereocenters. The zero-order valence-electron chi connectivity index (χ0n) is 15.0. The fraction of sp³-hybridized carbons (Fsp3) is 0.706. The predicted octanol–water partition coefficient (Wildman–Crippen LogP) is 1.89. The third-order valence-corrected chi connectivity index (χ3v) is 7.64. The minimum Gasteiger partial charge on any atom is -0.460 e. The van der Waals surface area contributed by atoms with Crippen molar-refractivity contribution in [2.45, 2.75) is 61.2 Å². The molecule has 1 N–H and O–H groups in total. The molecule has 2 aliphatic rings. The van der Waals surface area contributed by atoms with Gasteiger partial charge in [0.1, 0.15) is 24.1 Å². The van der Waals surface area contributed by atoms with E-state index in [9.17, 15) is 19.5 Å². The Kier molecular flexibility index (Phi) is 5.23. The van der Waals surface area contributed by atoms with Gasteiger partial charge in [0.2, 0.25) is 5.91 Å². The van der Waals surface area contributed by atoms with Crippen molar-refractivity contribution in [2.75, 3.05) is 6.61 Å². The van der Waals surface area contributed by atoms with Crippen LogP contribution in [-0.2, 0) is 19.1 Å². The molecule has 6 nitrogen and oxygen atoms in total. The molecule has 0 radical (unpaired) electrons. The Morgan fingerprint density at radius 3 is 2.52 bits per heavy atom. The molecule has 1 unspecified atom stereocenters. The number of hydrogen-bond acceptors (Lipinski definition) is 6. The van der Waals surface area contributed by atoms with Gasteiger partial charge in [-0.15, -0.1) is 11.8 Å². The van der Waals surface area contributed by atoms with Crippen LogP contribution in [0.2, 0.25) is 0 Å². The molecule has 2 rings (SSSR count). The topological polar surface area (TPSA) is 83.9 Å². The van der Waals surface area contributed by atoms with Crippen molar-refractivity contribution < 1.29 is 24.2 Å². The molecule has 2 heterocycles. The average molecular weight is 434 g/mol. The summed E-state index contributed by atoms with van der Waals surface area (Å²) >= 11 is 4.70. The Morgan fingerprint density at radius 1 is 1.48 bits per heavy atom. The number of alkyl halides is 1. The highest BCUT2D eigenvalue weighted by atomic mass is 79.9. The van der Waals surface area contributed by atoms with Crippen molar-refractivity contribution in [2.24, 2.45) is 5.41 Å². The number of fused-ring (bicyclic) bond motifs is 1. The van der Waals surface area contributed by atoms with E-state index in [4.69, 9.17) is 4.74 Å². The number of amides is 1. The van der Waals surface area contributed by atoms with Crippen molar-refractivity contribution in [1.29, 1.82) is 0 Å². The molecule has 0 spiro atoms. The molecule has 2 fully saturated rings. The van der Waals surface area contributed by atoms with Crippen molar-refractivity contribution in [3.8, 4) is 0 Å². The predicted molar refractivity (Wildman–Crippen MR) is 99.4 cm³/mol. The summed E-state index contributed by atoms with van der Waals surface area (Å²) in [6.07, 6.45) is -0.0318. The fourth-order valence-corrected chi connectivity index (χ4v) is 5.66. The van der Waals surface area contributed by atoms with Crippen LogP contribution in [0.4, 0.5) is 0 Å². The summed E-state index contributed by atoms with van der Waals surface area (Å²) in [7, 11) is 0. The highest BCUT2D eigenvalue weighted by Crippen LogP contribution is 2.59. The number of Topliss-reactive ketones (excluding diaryl/α,β-unsaturated/α-hetero) is 1. The van der Waals surface area contributed by atoms with Crippen molar-refractivity contribution >= 4 is 45.4 Å². The number of nitrogens with zero attached hydrogens (tertiary/aromatic N) is 1. The Balaban J connectivity index is 2.31. The van der Waals surface area contributed by atoms with Gasteiger partial charge in [-0.1, -0.05) is 49.4 Å². The van der Waals surface area contributed by atoms with E-state index in [1.54, 1.807) is 20.8 Å². The summed E-state index contributed by atoms with van der Waals surface area (Å²) in [5.74, 6) is -1.41. The first-order valence-corrected chi connectivity index (χ1v) is 9.66. The summed E-state index contributed by atoms with van der Waals surface area (Å²) in [6, 6.07) is -0.780. The summed E-state index contributed by atoms with van der Waals surface area (Å²) in [5, 5.41) is 10.1. The second kappa shape index (κ2) is 6.39. The van der Waals surface area contributed by atoms with Crippen LogP contribution in [0.3, 0.4) is 0 Å².